The lowest BCUT2D eigenvalue weighted by atomic mass is 10.1. The molecule has 1 heterocycles. The van der Waals surface area contributed by atoms with Crippen molar-refractivity contribution in [3.63, 3.8) is 0 Å². The van der Waals surface area contributed by atoms with Gasteiger partial charge >= 0.3 is 0 Å². The first-order valence-electron chi connectivity index (χ1n) is 9.76. The molecule has 0 aliphatic carbocycles. The van der Waals surface area contributed by atoms with Crippen LogP contribution in [0.25, 0.3) is 0 Å². The van der Waals surface area contributed by atoms with E-state index in [1.165, 1.54) is 31.3 Å². The van der Waals surface area contributed by atoms with Gasteiger partial charge in [0.1, 0.15) is 5.82 Å². The number of benzene rings is 2. The zero-order chi connectivity index (χ0) is 22.6. The average molecular weight is 468 g/mol. The van der Waals surface area contributed by atoms with E-state index in [2.05, 4.69) is 4.72 Å². The van der Waals surface area contributed by atoms with Crippen LogP contribution in [-0.2, 0) is 21.2 Å². The summed E-state index contributed by atoms with van der Waals surface area (Å²) >= 11 is 5.98. The van der Waals surface area contributed by atoms with Crippen LogP contribution in [0.2, 0.25) is 5.02 Å². The second-order valence-corrected chi connectivity index (χ2v) is 9.44. The normalized spacial score (nSPS) is 14.5. The van der Waals surface area contributed by atoms with Crippen molar-refractivity contribution in [2.75, 3.05) is 33.2 Å². The third kappa shape index (κ3) is 5.61. The maximum Gasteiger partial charge on any atom is 0.255 e. The van der Waals surface area contributed by atoms with Gasteiger partial charge in [-0.2, -0.15) is 0 Å². The molecule has 2 amide bonds. The number of halogens is 2. The van der Waals surface area contributed by atoms with Crippen LogP contribution >= 0.6 is 11.6 Å². The number of sulfonamides is 1. The summed E-state index contributed by atoms with van der Waals surface area (Å²) in [5.74, 6) is -0.817. The van der Waals surface area contributed by atoms with Gasteiger partial charge in [0.25, 0.3) is 5.91 Å². The highest BCUT2D eigenvalue weighted by Crippen LogP contribution is 2.20. The number of aryl methyl sites for hydroxylation is 1. The Labute approximate surface area is 185 Å². The van der Waals surface area contributed by atoms with Crippen LogP contribution in [-0.4, -0.2) is 63.3 Å². The Morgan fingerprint density at radius 1 is 1.03 bits per heavy atom. The molecule has 2 aromatic carbocycles. The Hall–Kier alpha value is -2.49. The number of carbonyl (C=O) groups is 2. The van der Waals surface area contributed by atoms with Gasteiger partial charge in [0.05, 0.1) is 15.5 Å². The zero-order valence-electron chi connectivity index (χ0n) is 17.0. The highest BCUT2D eigenvalue weighted by Gasteiger charge is 2.26. The van der Waals surface area contributed by atoms with E-state index in [0.717, 1.165) is 11.6 Å². The molecule has 10 heteroatoms. The van der Waals surface area contributed by atoms with Gasteiger partial charge in [-0.1, -0.05) is 23.7 Å². The number of hydrogen-bond donors (Lipinski definition) is 1. The summed E-state index contributed by atoms with van der Waals surface area (Å²) in [6.07, 6.45) is 0.777. The number of nitrogens with one attached hydrogen (secondary N) is 1. The van der Waals surface area contributed by atoms with Crippen LogP contribution < -0.4 is 4.72 Å². The molecule has 1 saturated heterocycles. The first kappa shape index (κ1) is 23.2. The molecule has 0 radical (unpaired) electrons. The van der Waals surface area contributed by atoms with Gasteiger partial charge in [-0.05, 0) is 49.4 Å². The minimum absolute atomic E-state index is 0.0289. The molecule has 31 heavy (non-hydrogen) atoms. The van der Waals surface area contributed by atoms with Gasteiger partial charge in [0.15, 0.2) is 0 Å². The molecular weight excluding hydrogens is 445 g/mol. The summed E-state index contributed by atoms with van der Waals surface area (Å²) in [5, 5.41) is 0.0667. The summed E-state index contributed by atoms with van der Waals surface area (Å²) < 4.78 is 39.0. The van der Waals surface area contributed by atoms with Crippen LogP contribution in [0.1, 0.15) is 22.3 Å². The number of nitrogens with zero attached hydrogens (tertiary/aromatic N) is 2. The van der Waals surface area contributed by atoms with E-state index in [4.69, 9.17) is 11.6 Å². The van der Waals surface area contributed by atoms with E-state index in [1.807, 2.05) is 0 Å². The van der Waals surface area contributed by atoms with Crippen molar-refractivity contribution in [1.82, 2.24) is 14.5 Å². The SMILES string of the molecule is CNS(=O)(=O)c1ccc(CCC(=O)N2CCN(C(=O)c3ccc(F)cc3Cl)CC2)cc1. The first-order valence-corrected chi connectivity index (χ1v) is 11.6. The van der Waals surface area contributed by atoms with E-state index >= 15 is 0 Å². The first-order chi connectivity index (χ1) is 14.7. The molecule has 0 spiro atoms. The van der Waals surface area contributed by atoms with Crippen LogP contribution in [0.3, 0.4) is 0 Å². The Bertz CT molecular complexity index is 1070. The number of piperazine rings is 1. The van der Waals surface area contributed by atoms with Gasteiger partial charge in [0.2, 0.25) is 15.9 Å². The van der Waals surface area contributed by atoms with Gasteiger partial charge in [-0.25, -0.2) is 17.5 Å². The van der Waals surface area contributed by atoms with E-state index in [9.17, 15) is 22.4 Å². The number of hydrogen-bond acceptors (Lipinski definition) is 4. The average Bonchev–Trinajstić information content (AvgIpc) is 2.77. The van der Waals surface area contributed by atoms with Crippen molar-refractivity contribution in [3.8, 4) is 0 Å². The summed E-state index contributed by atoms with van der Waals surface area (Å²) in [6.45, 7) is 1.55. The van der Waals surface area contributed by atoms with Gasteiger partial charge in [0, 0.05) is 32.6 Å². The van der Waals surface area contributed by atoms with Crippen molar-refractivity contribution >= 4 is 33.4 Å². The fraction of sp³-hybridized carbons (Fsp3) is 0.333. The van der Waals surface area contributed by atoms with Gasteiger partial charge < -0.3 is 9.80 Å². The third-order valence-electron chi connectivity index (χ3n) is 5.21. The lowest BCUT2D eigenvalue weighted by Crippen LogP contribution is -2.50. The molecule has 3 rings (SSSR count). The van der Waals surface area contributed by atoms with Crippen LogP contribution in [0.4, 0.5) is 4.39 Å². The number of carbonyl (C=O) groups excluding carboxylic acids is 2. The Balaban J connectivity index is 1.50. The fourth-order valence-electron chi connectivity index (χ4n) is 3.35. The molecule has 166 valence electrons. The maximum absolute atomic E-state index is 13.2. The minimum atomic E-state index is -3.48. The lowest BCUT2D eigenvalue weighted by molar-refractivity contribution is -0.132. The van der Waals surface area contributed by atoms with Crippen molar-refractivity contribution in [2.24, 2.45) is 0 Å². The molecular formula is C21H23ClFN3O4S. The monoisotopic (exact) mass is 467 g/mol. The van der Waals surface area contributed by atoms with Crippen molar-refractivity contribution < 1.29 is 22.4 Å². The van der Waals surface area contributed by atoms with E-state index in [1.54, 1.807) is 21.9 Å². The summed E-state index contributed by atoms with van der Waals surface area (Å²) in [5.41, 5.74) is 1.11. The maximum atomic E-state index is 13.2. The number of amides is 2. The minimum Gasteiger partial charge on any atom is -0.339 e. The smallest absolute Gasteiger partial charge is 0.255 e. The van der Waals surface area contributed by atoms with E-state index in [0.29, 0.717) is 32.6 Å². The molecule has 1 aliphatic heterocycles. The molecule has 0 unspecified atom stereocenters. The molecule has 0 atom stereocenters. The predicted octanol–water partition coefficient (Wildman–Crippen LogP) is 2.30. The Morgan fingerprint density at radius 3 is 2.23 bits per heavy atom. The van der Waals surface area contributed by atoms with Crippen molar-refractivity contribution in [3.05, 3.63) is 64.4 Å². The molecule has 7 nitrogen and oxygen atoms in total. The Morgan fingerprint density at radius 2 is 1.65 bits per heavy atom. The van der Waals surface area contributed by atoms with Gasteiger partial charge in [-0.3, -0.25) is 9.59 Å². The van der Waals surface area contributed by atoms with Crippen molar-refractivity contribution in [1.29, 1.82) is 0 Å². The summed E-state index contributed by atoms with van der Waals surface area (Å²) in [7, 11) is -2.13. The zero-order valence-corrected chi connectivity index (χ0v) is 18.5. The fourth-order valence-corrected chi connectivity index (χ4v) is 4.33. The molecule has 1 aliphatic rings. The molecule has 0 aromatic heterocycles. The second kappa shape index (κ2) is 9.76. The topological polar surface area (TPSA) is 86.8 Å². The summed E-state index contributed by atoms with van der Waals surface area (Å²) in [6, 6.07) is 10.1. The van der Waals surface area contributed by atoms with E-state index < -0.39 is 15.8 Å². The highest BCUT2D eigenvalue weighted by molar-refractivity contribution is 7.89. The Kier molecular flexibility index (Phi) is 7.30. The largest absolute Gasteiger partial charge is 0.339 e. The lowest BCUT2D eigenvalue weighted by Gasteiger charge is -2.35. The van der Waals surface area contributed by atoms with Crippen LogP contribution in [0.5, 0.6) is 0 Å². The van der Waals surface area contributed by atoms with Crippen molar-refractivity contribution in [2.45, 2.75) is 17.7 Å². The molecule has 1 fully saturated rings. The second-order valence-electron chi connectivity index (χ2n) is 7.15. The predicted molar refractivity (Wildman–Crippen MR) is 115 cm³/mol. The molecule has 2 aromatic rings. The molecule has 0 saturated carbocycles. The standard InChI is InChI=1S/C21H23ClFN3O4S/c1-24-31(29,30)17-6-2-15(3-7-17)4-9-20(27)25-10-12-26(13-11-25)21(28)18-8-5-16(23)14-19(18)22/h2-3,5-8,14,24H,4,9-13H2,1H3. The third-order valence-corrected chi connectivity index (χ3v) is 6.95. The molecule has 1 N–H and O–H groups in total. The van der Waals surface area contributed by atoms with Crippen LogP contribution in [0.15, 0.2) is 47.4 Å². The van der Waals surface area contributed by atoms with E-state index in [-0.39, 0.29) is 33.7 Å². The van der Waals surface area contributed by atoms with Gasteiger partial charge in [-0.15, -0.1) is 0 Å². The quantitative estimate of drug-likeness (QED) is 0.706. The number of rotatable bonds is 6. The molecule has 0 bridgehead atoms. The highest BCUT2D eigenvalue weighted by atomic mass is 35.5. The van der Waals surface area contributed by atoms with Crippen LogP contribution in [0, 0.1) is 5.82 Å². The summed E-state index contributed by atoms with van der Waals surface area (Å²) in [4.78, 5) is 28.6.